The zero-order chi connectivity index (χ0) is 14.6. The summed E-state index contributed by atoms with van der Waals surface area (Å²) < 4.78 is 28.1. The van der Waals surface area contributed by atoms with Crippen molar-refractivity contribution in [2.75, 3.05) is 6.54 Å². The van der Waals surface area contributed by atoms with Gasteiger partial charge >= 0.3 is 0 Å². The van der Waals surface area contributed by atoms with Gasteiger partial charge in [-0.25, -0.2) is 8.78 Å². The van der Waals surface area contributed by atoms with Crippen LogP contribution in [0.4, 0.5) is 8.78 Å². The maximum absolute atomic E-state index is 14.1. The molecule has 6 heteroatoms. The minimum Gasteiger partial charge on any atom is -0.337 e. The van der Waals surface area contributed by atoms with Crippen molar-refractivity contribution in [2.24, 2.45) is 5.92 Å². The molecule has 114 valence electrons. The van der Waals surface area contributed by atoms with E-state index in [1.54, 1.807) is 16.2 Å². The molecular formula is C15H18F2N2OS. The Bertz CT molecular complexity index is 574. The number of rotatable bonds is 1. The zero-order valence-corrected chi connectivity index (χ0v) is 12.5. The summed E-state index contributed by atoms with van der Waals surface area (Å²) in [5.74, 6) is -3.67. The first kappa shape index (κ1) is 13.6. The van der Waals surface area contributed by atoms with E-state index in [2.05, 4.69) is 5.32 Å². The van der Waals surface area contributed by atoms with Crippen molar-refractivity contribution in [1.82, 2.24) is 10.2 Å². The number of nitrogens with zero attached hydrogens (tertiary/aromatic N) is 1. The van der Waals surface area contributed by atoms with Gasteiger partial charge in [-0.1, -0.05) is 0 Å². The van der Waals surface area contributed by atoms with Gasteiger partial charge in [0.15, 0.2) is 0 Å². The molecule has 21 heavy (non-hydrogen) atoms. The lowest BCUT2D eigenvalue weighted by Crippen LogP contribution is -2.66. The largest absolute Gasteiger partial charge is 0.337 e. The van der Waals surface area contributed by atoms with Crippen LogP contribution in [0, 0.1) is 5.92 Å². The number of carbonyl (C=O) groups is 1. The van der Waals surface area contributed by atoms with Crippen LogP contribution in [0.15, 0.2) is 11.4 Å². The van der Waals surface area contributed by atoms with E-state index < -0.39 is 17.9 Å². The molecule has 4 heterocycles. The quantitative estimate of drug-likeness (QED) is 0.864. The molecule has 1 aromatic rings. The molecular weight excluding hydrogens is 294 g/mol. The zero-order valence-electron chi connectivity index (χ0n) is 11.6. The highest BCUT2D eigenvalue weighted by atomic mass is 32.1. The Kier molecular flexibility index (Phi) is 3.08. The highest BCUT2D eigenvalue weighted by Gasteiger charge is 2.56. The average molecular weight is 312 g/mol. The van der Waals surface area contributed by atoms with Crippen LogP contribution in [0.1, 0.15) is 29.7 Å². The molecule has 3 atom stereocenters. The topological polar surface area (TPSA) is 32.3 Å². The van der Waals surface area contributed by atoms with Gasteiger partial charge in [-0.2, -0.15) is 0 Å². The Labute approximate surface area is 126 Å². The van der Waals surface area contributed by atoms with Crippen LogP contribution in [-0.2, 0) is 17.8 Å². The number of nitrogens with one attached hydrogen (secondary N) is 1. The third kappa shape index (κ3) is 2.19. The molecule has 0 spiro atoms. The Morgan fingerprint density at radius 2 is 2.29 bits per heavy atom. The summed E-state index contributed by atoms with van der Waals surface area (Å²) in [6, 6.07) is 1.13. The summed E-state index contributed by atoms with van der Waals surface area (Å²) >= 11 is 1.71. The van der Waals surface area contributed by atoms with Crippen molar-refractivity contribution in [3.63, 3.8) is 0 Å². The Balaban J connectivity index is 1.53. The molecule has 2 bridgehead atoms. The third-order valence-electron chi connectivity index (χ3n) is 5.09. The van der Waals surface area contributed by atoms with E-state index in [0.29, 0.717) is 19.5 Å². The molecule has 0 unspecified atom stereocenters. The number of piperidine rings is 2. The third-order valence-corrected chi connectivity index (χ3v) is 6.11. The van der Waals surface area contributed by atoms with Crippen LogP contribution in [0.3, 0.4) is 0 Å². The predicted molar refractivity (Wildman–Crippen MR) is 76.4 cm³/mol. The van der Waals surface area contributed by atoms with Gasteiger partial charge in [-0.3, -0.25) is 4.79 Å². The van der Waals surface area contributed by atoms with Crippen molar-refractivity contribution >= 4 is 17.2 Å². The number of thiophene rings is 1. The lowest BCUT2D eigenvalue weighted by atomic mass is 9.73. The first-order chi connectivity index (χ1) is 10.0. The van der Waals surface area contributed by atoms with Crippen LogP contribution in [0.5, 0.6) is 0 Å². The van der Waals surface area contributed by atoms with E-state index in [4.69, 9.17) is 0 Å². The fraction of sp³-hybridized carbons (Fsp3) is 0.667. The number of amides is 1. The molecule has 1 N–H and O–H groups in total. The van der Waals surface area contributed by atoms with Gasteiger partial charge in [-0.05, 0) is 36.3 Å². The maximum atomic E-state index is 14.1. The summed E-state index contributed by atoms with van der Waals surface area (Å²) in [5.41, 5.74) is 1.17. The van der Waals surface area contributed by atoms with E-state index in [1.165, 1.54) is 10.4 Å². The second-order valence-electron chi connectivity index (χ2n) is 6.37. The number of hydrogen-bond donors (Lipinski definition) is 1. The van der Waals surface area contributed by atoms with Gasteiger partial charge in [0.1, 0.15) is 0 Å². The highest BCUT2D eigenvalue weighted by Crippen LogP contribution is 2.45. The Morgan fingerprint density at radius 3 is 3.05 bits per heavy atom. The lowest BCUT2D eigenvalue weighted by molar-refractivity contribution is -0.161. The molecule has 1 amide bonds. The number of carbonyl (C=O) groups excluding carboxylic acids is 1. The van der Waals surface area contributed by atoms with Gasteiger partial charge in [0, 0.05) is 36.3 Å². The molecule has 3 nitrogen and oxygen atoms in total. The SMILES string of the molecule is O=C([C@H]1N[C@H]2CC[C@@H]1C(F)(F)C2)N1CCc2sccc2C1. The van der Waals surface area contributed by atoms with Crippen molar-refractivity contribution in [3.8, 4) is 0 Å². The first-order valence-electron chi connectivity index (χ1n) is 7.52. The van der Waals surface area contributed by atoms with Crippen LogP contribution >= 0.6 is 11.3 Å². The summed E-state index contributed by atoms with van der Waals surface area (Å²) in [4.78, 5) is 15.8. The number of hydrogen-bond acceptors (Lipinski definition) is 3. The highest BCUT2D eigenvalue weighted by molar-refractivity contribution is 7.10. The molecule has 1 aliphatic carbocycles. The second-order valence-corrected chi connectivity index (χ2v) is 7.37. The molecule has 0 radical (unpaired) electrons. The summed E-state index contributed by atoms with van der Waals surface area (Å²) in [5, 5.41) is 5.19. The molecule has 0 aromatic carbocycles. The molecule has 1 aromatic heterocycles. The maximum Gasteiger partial charge on any atom is 0.254 e. The molecule has 2 saturated heterocycles. The number of halogens is 2. The van der Waals surface area contributed by atoms with Crippen LogP contribution < -0.4 is 5.32 Å². The van der Waals surface area contributed by atoms with E-state index in [9.17, 15) is 13.6 Å². The van der Waals surface area contributed by atoms with Gasteiger partial charge in [-0.15, -0.1) is 11.3 Å². The Hall–Kier alpha value is -1.01. The van der Waals surface area contributed by atoms with Gasteiger partial charge in [0.05, 0.1) is 6.04 Å². The van der Waals surface area contributed by atoms with Crippen molar-refractivity contribution < 1.29 is 13.6 Å². The molecule has 4 aliphatic rings. The van der Waals surface area contributed by atoms with Crippen LogP contribution in [0.25, 0.3) is 0 Å². The minimum absolute atomic E-state index is 0.115. The molecule has 3 fully saturated rings. The number of fused-ring (bicyclic) bond motifs is 4. The molecule has 5 rings (SSSR count). The van der Waals surface area contributed by atoms with Gasteiger partial charge in [0.2, 0.25) is 5.91 Å². The van der Waals surface area contributed by atoms with Crippen molar-refractivity contribution in [2.45, 2.75) is 50.2 Å². The normalized spacial score (nSPS) is 33.8. The Morgan fingerprint density at radius 1 is 1.43 bits per heavy atom. The predicted octanol–water partition coefficient (Wildman–Crippen LogP) is 2.41. The second kappa shape index (κ2) is 4.74. The minimum atomic E-state index is -2.70. The van der Waals surface area contributed by atoms with E-state index in [0.717, 1.165) is 12.8 Å². The van der Waals surface area contributed by atoms with E-state index in [-0.39, 0.29) is 18.4 Å². The molecule has 1 saturated carbocycles. The summed E-state index contributed by atoms with van der Waals surface area (Å²) in [6.07, 6.45) is 1.95. The average Bonchev–Trinajstić information content (AvgIpc) is 2.92. The first-order valence-corrected chi connectivity index (χ1v) is 8.40. The monoisotopic (exact) mass is 312 g/mol. The molecule has 3 aliphatic heterocycles. The van der Waals surface area contributed by atoms with Crippen LogP contribution in [0.2, 0.25) is 0 Å². The van der Waals surface area contributed by atoms with E-state index in [1.807, 2.05) is 11.4 Å². The van der Waals surface area contributed by atoms with Gasteiger partial charge < -0.3 is 10.2 Å². The summed E-state index contributed by atoms with van der Waals surface area (Å²) in [6.45, 7) is 1.21. The summed E-state index contributed by atoms with van der Waals surface area (Å²) in [7, 11) is 0. The van der Waals surface area contributed by atoms with Crippen molar-refractivity contribution in [1.29, 1.82) is 0 Å². The van der Waals surface area contributed by atoms with E-state index >= 15 is 0 Å². The fourth-order valence-electron chi connectivity index (χ4n) is 3.97. The standard InChI is InChI=1S/C15H18F2N2OS/c16-15(17)7-10-1-2-11(15)13(18-10)14(20)19-5-3-12-9(8-19)4-6-21-12/h4,6,10-11,13,18H,1-3,5,7-8H2/t10-,11-,13-/m0/s1. The lowest BCUT2D eigenvalue weighted by Gasteiger charge is -2.48. The number of alkyl halides is 2. The van der Waals surface area contributed by atoms with Crippen LogP contribution in [-0.4, -0.2) is 35.4 Å². The van der Waals surface area contributed by atoms with Crippen molar-refractivity contribution in [3.05, 3.63) is 21.9 Å². The fourth-order valence-corrected chi connectivity index (χ4v) is 4.86. The van der Waals surface area contributed by atoms with Gasteiger partial charge in [0.25, 0.3) is 5.92 Å². The smallest absolute Gasteiger partial charge is 0.254 e.